The van der Waals surface area contributed by atoms with E-state index in [-0.39, 0.29) is 6.04 Å². The summed E-state index contributed by atoms with van der Waals surface area (Å²) in [5.41, 5.74) is 1.25. The highest BCUT2D eigenvalue weighted by Crippen LogP contribution is 2.37. The van der Waals surface area contributed by atoms with Crippen LogP contribution in [0.15, 0.2) is 38.6 Å². The zero-order valence-electron chi connectivity index (χ0n) is 11.5. The van der Waals surface area contributed by atoms with Crippen molar-refractivity contribution in [3.63, 3.8) is 0 Å². The maximum Gasteiger partial charge on any atom is 0.118 e. The van der Waals surface area contributed by atoms with Crippen LogP contribution in [0.25, 0.3) is 0 Å². The lowest BCUT2D eigenvalue weighted by Gasteiger charge is -2.18. The first-order valence-corrected chi connectivity index (χ1v) is 8.88. The van der Waals surface area contributed by atoms with Crippen molar-refractivity contribution in [1.82, 2.24) is 5.32 Å². The summed E-state index contributed by atoms with van der Waals surface area (Å²) in [5, 5.41) is 3.61. The number of ether oxygens (including phenoxy) is 1. The van der Waals surface area contributed by atoms with Gasteiger partial charge in [-0.3, -0.25) is 0 Å². The molecule has 0 amide bonds. The largest absolute Gasteiger partial charge is 0.497 e. The highest BCUT2D eigenvalue weighted by Gasteiger charge is 2.17. The molecule has 1 aromatic carbocycles. The Hall–Kier alpha value is -0.360. The SMILES string of the molecule is CCCNC(c1ccc(OC)cc1)c1cc(Br)c(Br)s1. The zero-order chi connectivity index (χ0) is 14.5. The Morgan fingerprint density at radius 3 is 2.45 bits per heavy atom. The first kappa shape index (κ1) is 16.0. The van der Waals surface area contributed by atoms with Gasteiger partial charge < -0.3 is 10.1 Å². The molecule has 1 N–H and O–H groups in total. The van der Waals surface area contributed by atoms with E-state index in [0.717, 1.165) is 27.0 Å². The highest BCUT2D eigenvalue weighted by atomic mass is 79.9. The van der Waals surface area contributed by atoms with E-state index in [1.54, 1.807) is 18.4 Å². The standard InChI is InChI=1S/C15H17Br2NOS/c1-3-8-18-14(13-9-12(16)15(17)20-13)10-4-6-11(19-2)7-5-10/h4-7,9,14,18H,3,8H2,1-2H3. The van der Waals surface area contributed by atoms with Gasteiger partial charge in [-0.2, -0.15) is 0 Å². The number of methoxy groups -OCH3 is 1. The molecule has 108 valence electrons. The number of nitrogens with one attached hydrogen (secondary N) is 1. The normalized spacial score (nSPS) is 12.4. The molecule has 5 heteroatoms. The van der Waals surface area contributed by atoms with Gasteiger partial charge >= 0.3 is 0 Å². The molecular formula is C15H17Br2NOS. The minimum Gasteiger partial charge on any atom is -0.497 e. The van der Waals surface area contributed by atoms with Crippen molar-refractivity contribution in [1.29, 1.82) is 0 Å². The maximum absolute atomic E-state index is 5.23. The summed E-state index contributed by atoms with van der Waals surface area (Å²) in [7, 11) is 1.69. The van der Waals surface area contributed by atoms with E-state index in [2.05, 4.69) is 62.3 Å². The molecular weight excluding hydrogens is 402 g/mol. The fraction of sp³-hybridized carbons (Fsp3) is 0.333. The summed E-state index contributed by atoms with van der Waals surface area (Å²) < 4.78 is 7.46. The lowest BCUT2D eigenvalue weighted by atomic mass is 10.1. The Morgan fingerprint density at radius 2 is 1.95 bits per heavy atom. The fourth-order valence-corrected chi connectivity index (χ4v) is 4.17. The molecule has 1 aromatic heterocycles. The molecule has 20 heavy (non-hydrogen) atoms. The van der Waals surface area contributed by atoms with Crippen molar-refractivity contribution in [3.05, 3.63) is 49.0 Å². The third-order valence-corrected chi connectivity index (χ3v) is 6.32. The number of hydrogen-bond acceptors (Lipinski definition) is 3. The predicted molar refractivity (Wildman–Crippen MR) is 92.8 cm³/mol. The van der Waals surface area contributed by atoms with Gasteiger partial charge in [-0.25, -0.2) is 0 Å². The van der Waals surface area contributed by atoms with Gasteiger partial charge in [0.25, 0.3) is 0 Å². The van der Waals surface area contributed by atoms with Crippen LogP contribution in [0, 0.1) is 0 Å². The van der Waals surface area contributed by atoms with Gasteiger partial charge in [-0.1, -0.05) is 19.1 Å². The Morgan fingerprint density at radius 1 is 1.25 bits per heavy atom. The summed E-state index contributed by atoms with van der Waals surface area (Å²) in [6, 6.07) is 10.6. The molecule has 0 bridgehead atoms. The maximum atomic E-state index is 5.23. The highest BCUT2D eigenvalue weighted by molar-refractivity contribution is 9.13. The molecule has 0 aliphatic carbocycles. The molecule has 1 unspecified atom stereocenters. The molecule has 2 nitrogen and oxygen atoms in total. The quantitative estimate of drug-likeness (QED) is 0.680. The second kappa shape index (κ2) is 7.59. The molecule has 0 aliphatic rings. The molecule has 0 saturated heterocycles. The molecule has 1 heterocycles. The van der Waals surface area contributed by atoms with Crippen LogP contribution >= 0.6 is 43.2 Å². The lowest BCUT2D eigenvalue weighted by molar-refractivity contribution is 0.414. The van der Waals surface area contributed by atoms with Gasteiger partial charge in [-0.05, 0) is 68.6 Å². The number of thiophene rings is 1. The summed E-state index contributed by atoms with van der Waals surface area (Å²) >= 11 is 8.89. The first-order valence-electron chi connectivity index (χ1n) is 6.47. The second-order valence-corrected chi connectivity index (χ2v) is 7.69. The van der Waals surface area contributed by atoms with Crippen LogP contribution in [-0.4, -0.2) is 13.7 Å². The van der Waals surface area contributed by atoms with Crippen molar-refractivity contribution >= 4 is 43.2 Å². The molecule has 2 aromatic rings. The summed E-state index contributed by atoms with van der Waals surface area (Å²) in [4.78, 5) is 1.29. The molecule has 2 rings (SSSR count). The number of hydrogen-bond donors (Lipinski definition) is 1. The van der Waals surface area contributed by atoms with E-state index in [1.165, 1.54) is 10.4 Å². The molecule has 0 spiro atoms. The van der Waals surface area contributed by atoms with Crippen molar-refractivity contribution in [2.24, 2.45) is 0 Å². The number of benzene rings is 1. The van der Waals surface area contributed by atoms with E-state index in [1.807, 2.05) is 12.1 Å². The smallest absolute Gasteiger partial charge is 0.118 e. The second-order valence-electron chi connectivity index (χ2n) is 4.43. The van der Waals surface area contributed by atoms with Crippen LogP contribution < -0.4 is 10.1 Å². The molecule has 1 atom stereocenters. The third kappa shape index (κ3) is 3.85. The monoisotopic (exact) mass is 417 g/mol. The van der Waals surface area contributed by atoms with Crippen molar-refractivity contribution < 1.29 is 4.74 Å². The van der Waals surface area contributed by atoms with E-state index < -0.39 is 0 Å². The zero-order valence-corrected chi connectivity index (χ0v) is 15.4. The third-order valence-electron chi connectivity index (χ3n) is 3.00. The Balaban J connectivity index is 2.30. The van der Waals surface area contributed by atoms with Gasteiger partial charge in [-0.15, -0.1) is 11.3 Å². The first-order chi connectivity index (χ1) is 9.65. The minimum absolute atomic E-state index is 0.216. The van der Waals surface area contributed by atoms with Crippen LogP contribution in [0.5, 0.6) is 5.75 Å². The molecule has 0 saturated carbocycles. The average Bonchev–Trinajstić information content (AvgIpc) is 2.79. The lowest BCUT2D eigenvalue weighted by Crippen LogP contribution is -2.22. The fourth-order valence-electron chi connectivity index (χ4n) is 1.97. The Labute approximate surface area is 140 Å². The van der Waals surface area contributed by atoms with E-state index in [4.69, 9.17) is 4.74 Å². The predicted octanol–water partition coefficient (Wildman–Crippen LogP) is 5.37. The van der Waals surface area contributed by atoms with E-state index in [0.29, 0.717) is 0 Å². The summed E-state index contributed by atoms with van der Waals surface area (Å²) in [5.74, 6) is 0.886. The van der Waals surface area contributed by atoms with Crippen LogP contribution in [0.1, 0.15) is 29.8 Å². The molecule has 0 radical (unpaired) electrons. The van der Waals surface area contributed by atoms with Gasteiger partial charge in [0.2, 0.25) is 0 Å². The van der Waals surface area contributed by atoms with Gasteiger partial charge in [0.15, 0.2) is 0 Å². The number of rotatable bonds is 6. The van der Waals surface area contributed by atoms with Crippen molar-refractivity contribution in [2.75, 3.05) is 13.7 Å². The minimum atomic E-state index is 0.216. The van der Waals surface area contributed by atoms with Crippen LogP contribution in [0.4, 0.5) is 0 Å². The van der Waals surface area contributed by atoms with E-state index in [9.17, 15) is 0 Å². The number of halogens is 2. The Kier molecular flexibility index (Phi) is 6.08. The molecule has 0 fully saturated rings. The van der Waals surface area contributed by atoms with Crippen LogP contribution in [0.3, 0.4) is 0 Å². The van der Waals surface area contributed by atoms with Crippen molar-refractivity contribution in [2.45, 2.75) is 19.4 Å². The van der Waals surface area contributed by atoms with Crippen LogP contribution in [0.2, 0.25) is 0 Å². The molecule has 0 aliphatic heterocycles. The van der Waals surface area contributed by atoms with E-state index >= 15 is 0 Å². The summed E-state index contributed by atoms with van der Waals surface area (Å²) in [6.45, 7) is 3.17. The van der Waals surface area contributed by atoms with Gasteiger partial charge in [0.1, 0.15) is 5.75 Å². The average molecular weight is 419 g/mol. The van der Waals surface area contributed by atoms with Gasteiger partial charge in [0.05, 0.1) is 16.9 Å². The van der Waals surface area contributed by atoms with Crippen LogP contribution in [-0.2, 0) is 0 Å². The van der Waals surface area contributed by atoms with Gasteiger partial charge in [0, 0.05) is 9.35 Å². The topological polar surface area (TPSA) is 21.3 Å². The Bertz CT molecular complexity index is 534. The van der Waals surface area contributed by atoms with Crippen molar-refractivity contribution in [3.8, 4) is 5.75 Å². The summed E-state index contributed by atoms with van der Waals surface area (Å²) in [6.07, 6.45) is 1.11.